The molecule has 3 rings (SSSR count). The number of pyridine rings is 1. The van der Waals surface area contributed by atoms with E-state index in [0.717, 1.165) is 23.7 Å². The normalized spacial score (nSPS) is 12.8. The van der Waals surface area contributed by atoms with Crippen molar-refractivity contribution in [1.82, 2.24) is 19.5 Å². The first-order valence-electron chi connectivity index (χ1n) is 6.75. The second kappa shape index (κ2) is 5.41. The van der Waals surface area contributed by atoms with Crippen LogP contribution in [0.2, 0.25) is 5.28 Å². The second-order valence-electron chi connectivity index (χ2n) is 4.92. The van der Waals surface area contributed by atoms with Gasteiger partial charge < -0.3 is 4.57 Å². The van der Waals surface area contributed by atoms with Crippen molar-refractivity contribution < 1.29 is 4.39 Å². The molecule has 0 fully saturated rings. The van der Waals surface area contributed by atoms with Crippen LogP contribution in [0.3, 0.4) is 0 Å². The van der Waals surface area contributed by atoms with E-state index >= 15 is 0 Å². The molecule has 108 valence electrons. The molecule has 0 bridgehead atoms. The molecule has 0 aliphatic heterocycles. The van der Waals surface area contributed by atoms with E-state index in [0.29, 0.717) is 5.56 Å². The SMILES string of the molecule is CCC(C)n1cc(-c2nc(Cl)ncc2F)c2cccnc21. The number of rotatable bonds is 3. The summed E-state index contributed by atoms with van der Waals surface area (Å²) in [5.41, 5.74) is 1.70. The quantitative estimate of drug-likeness (QED) is 0.679. The van der Waals surface area contributed by atoms with Crippen LogP contribution >= 0.6 is 11.6 Å². The van der Waals surface area contributed by atoms with Crippen molar-refractivity contribution >= 4 is 22.6 Å². The average Bonchev–Trinajstić information content (AvgIpc) is 2.88. The van der Waals surface area contributed by atoms with Crippen molar-refractivity contribution in [1.29, 1.82) is 0 Å². The van der Waals surface area contributed by atoms with Crippen LogP contribution in [0, 0.1) is 5.82 Å². The Balaban J connectivity index is 2.30. The van der Waals surface area contributed by atoms with Crippen LogP contribution in [0.5, 0.6) is 0 Å². The molecule has 0 spiro atoms. The molecule has 0 aromatic carbocycles. The topological polar surface area (TPSA) is 43.6 Å². The van der Waals surface area contributed by atoms with Gasteiger partial charge in [-0.15, -0.1) is 0 Å². The van der Waals surface area contributed by atoms with Crippen LogP contribution in [0.15, 0.2) is 30.7 Å². The molecular formula is C15H14ClFN4. The Labute approximate surface area is 126 Å². The zero-order chi connectivity index (χ0) is 15.0. The minimum Gasteiger partial charge on any atom is -0.329 e. The fourth-order valence-corrected chi connectivity index (χ4v) is 2.47. The minimum atomic E-state index is -0.494. The van der Waals surface area contributed by atoms with Gasteiger partial charge in [0.2, 0.25) is 5.28 Å². The van der Waals surface area contributed by atoms with E-state index in [4.69, 9.17) is 11.6 Å². The van der Waals surface area contributed by atoms with E-state index in [2.05, 4.69) is 28.8 Å². The maximum absolute atomic E-state index is 14.1. The summed E-state index contributed by atoms with van der Waals surface area (Å²) in [6, 6.07) is 4.00. The zero-order valence-corrected chi connectivity index (χ0v) is 12.5. The maximum Gasteiger partial charge on any atom is 0.223 e. The molecule has 1 atom stereocenters. The largest absolute Gasteiger partial charge is 0.329 e. The highest BCUT2D eigenvalue weighted by Gasteiger charge is 2.18. The van der Waals surface area contributed by atoms with Gasteiger partial charge in [0.15, 0.2) is 5.82 Å². The summed E-state index contributed by atoms with van der Waals surface area (Å²) in [6.07, 6.45) is 5.65. The highest BCUT2D eigenvalue weighted by molar-refractivity contribution is 6.28. The van der Waals surface area contributed by atoms with Gasteiger partial charge in [-0.3, -0.25) is 0 Å². The summed E-state index contributed by atoms with van der Waals surface area (Å²) in [6.45, 7) is 4.20. The summed E-state index contributed by atoms with van der Waals surface area (Å²) in [7, 11) is 0. The Bertz CT molecular complexity index is 799. The molecule has 3 heterocycles. The van der Waals surface area contributed by atoms with E-state index in [9.17, 15) is 4.39 Å². The molecule has 3 aromatic heterocycles. The van der Waals surface area contributed by atoms with Gasteiger partial charge in [0, 0.05) is 29.4 Å². The lowest BCUT2D eigenvalue weighted by molar-refractivity contribution is 0.545. The average molecular weight is 305 g/mol. The summed E-state index contributed by atoms with van der Waals surface area (Å²) >= 11 is 5.80. The highest BCUT2D eigenvalue weighted by Crippen LogP contribution is 2.32. The molecule has 0 aliphatic rings. The predicted molar refractivity (Wildman–Crippen MR) is 80.7 cm³/mol. The van der Waals surface area contributed by atoms with Crippen molar-refractivity contribution in [3.8, 4) is 11.3 Å². The van der Waals surface area contributed by atoms with Gasteiger partial charge in [0.05, 0.1) is 6.20 Å². The summed E-state index contributed by atoms with van der Waals surface area (Å²) in [5, 5.41) is 0.881. The van der Waals surface area contributed by atoms with Gasteiger partial charge >= 0.3 is 0 Å². The van der Waals surface area contributed by atoms with Gasteiger partial charge in [-0.1, -0.05) is 6.92 Å². The molecule has 6 heteroatoms. The third-order valence-corrected chi connectivity index (χ3v) is 3.81. The van der Waals surface area contributed by atoms with Crippen LogP contribution in [0.1, 0.15) is 26.3 Å². The molecule has 0 radical (unpaired) electrons. The second-order valence-corrected chi connectivity index (χ2v) is 5.26. The molecule has 21 heavy (non-hydrogen) atoms. The van der Waals surface area contributed by atoms with Gasteiger partial charge in [0.1, 0.15) is 11.3 Å². The van der Waals surface area contributed by atoms with E-state index in [1.165, 1.54) is 0 Å². The van der Waals surface area contributed by atoms with Gasteiger partial charge in [0.25, 0.3) is 0 Å². The fraction of sp³-hybridized carbons (Fsp3) is 0.267. The zero-order valence-electron chi connectivity index (χ0n) is 11.7. The van der Waals surface area contributed by atoms with Gasteiger partial charge in [-0.25, -0.2) is 19.3 Å². The Kier molecular flexibility index (Phi) is 3.59. The van der Waals surface area contributed by atoms with Crippen LogP contribution in [0.4, 0.5) is 4.39 Å². The Morgan fingerprint density at radius 3 is 2.95 bits per heavy atom. The monoisotopic (exact) mass is 304 g/mol. The predicted octanol–water partition coefficient (Wildman–Crippen LogP) is 4.26. The standard InChI is InChI=1S/C15H14ClFN4/c1-3-9(2)21-8-11(10-5-4-6-18-14(10)21)13-12(17)7-19-15(16)20-13/h4-9H,3H2,1-2H3. The number of hydrogen-bond donors (Lipinski definition) is 0. The van der Waals surface area contributed by atoms with Crippen LogP contribution < -0.4 is 0 Å². The smallest absolute Gasteiger partial charge is 0.223 e. The molecule has 0 N–H and O–H groups in total. The first kappa shape index (κ1) is 13.9. The Morgan fingerprint density at radius 2 is 2.19 bits per heavy atom. The highest BCUT2D eigenvalue weighted by atomic mass is 35.5. The maximum atomic E-state index is 14.1. The summed E-state index contributed by atoms with van der Waals surface area (Å²) < 4.78 is 16.1. The third kappa shape index (κ3) is 2.38. The fourth-order valence-electron chi connectivity index (χ4n) is 2.34. The number of nitrogens with zero attached hydrogens (tertiary/aromatic N) is 4. The lowest BCUT2D eigenvalue weighted by Gasteiger charge is -2.11. The molecule has 1 unspecified atom stereocenters. The van der Waals surface area contributed by atoms with Gasteiger partial charge in [-0.05, 0) is 37.1 Å². The number of fused-ring (bicyclic) bond motifs is 1. The minimum absolute atomic E-state index is 0.0275. The van der Waals surface area contributed by atoms with E-state index in [1.807, 2.05) is 22.9 Å². The van der Waals surface area contributed by atoms with Crippen molar-refractivity contribution in [3.05, 3.63) is 41.8 Å². The van der Waals surface area contributed by atoms with Crippen molar-refractivity contribution in [3.63, 3.8) is 0 Å². The van der Waals surface area contributed by atoms with Gasteiger partial charge in [-0.2, -0.15) is 0 Å². The van der Waals surface area contributed by atoms with Crippen molar-refractivity contribution in [2.45, 2.75) is 26.3 Å². The van der Waals surface area contributed by atoms with E-state index < -0.39 is 5.82 Å². The first-order valence-corrected chi connectivity index (χ1v) is 7.13. The van der Waals surface area contributed by atoms with Crippen molar-refractivity contribution in [2.24, 2.45) is 0 Å². The molecule has 4 nitrogen and oxygen atoms in total. The first-order chi connectivity index (χ1) is 10.1. The van der Waals surface area contributed by atoms with Crippen molar-refractivity contribution in [2.75, 3.05) is 0 Å². The molecule has 0 aliphatic carbocycles. The van der Waals surface area contributed by atoms with E-state index in [-0.39, 0.29) is 17.0 Å². The molecular weight excluding hydrogens is 291 g/mol. The van der Waals surface area contributed by atoms with Crippen LogP contribution in [-0.4, -0.2) is 19.5 Å². The number of aromatic nitrogens is 4. The third-order valence-electron chi connectivity index (χ3n) is 3.63. The van der Waals surface area contributed by atoms with E-state index in [1.54, 1.807) is 6.20 Å². The lowest BCUT2D eigenvalue weighted by atomic mass is 10.1. The van der Waals surface area contributed by atoms with Crippen LogP contribution in [0.25, 0.3) is 22.3 Å². The lowest BCUT2D eigenvalue weighted by Crippen LogP contribution is -2.02. The molecule has 3 aromatic rings. The number of hydrogen-bond acceptors (Lipinski definition) is 3. The summed E-state index contributed by atoms with van der Waals surface area (Å²) in [4.78, 5) is 12.1. The van der Waals surface area contributed by atoms with Crippen LogP contribution in [-0.2, 0) is 0 Å². The molecule has 0 saturated heterocycles. The molecule has 0 amide bonds. The number of halogens is 2. The summed E-state index contributed by atoms with van der Waals surface area (Å²) in [5.74, 6) is -0.494. The Hall–Kier alpha value is -2.01. The Morgan fingerprint density at radius 1 is 1.38 bits per heavy atom. The molecule has 0 saturated carbocycles.